The van der Waals surface area contributed by atoms with Gasteiger partial charge in [0.05, 0.1) is 0 Å². The van der Waals surface area contributed by atoms with Crippen LogP contribution in [0.2, 0.25) is 0 Å². The molecule has 0 aromatic heterocycles. The highest BCUT2D eigenvalue weighted by Gasteiger charge is 2.02. The lowest BCUT2D eigenvalue weighted by molar-refractivity contribution is 0.352. The molecular formula is C6H13ClOSi. The summed E-state index contributed by atoms with van der Waals surface area (Å²) in [6.45, 7) is 4.77. The van der Waals surface area contributed by atoms with Crippen molar-refractivity contribution >= 4 is 20.6 Å². The maximum absolute atomic E-state index is 5.61. The Hall–Kier alpha value is 0.207. The Morgan fingerprint density at radius 3 is 2.67 bits per heavy atom. The van der Waals surface area contributed by atoms with E-state index in [1.54, 1.807) is 0 Å². The van der Waals surface area contributed by atoms with Gasteiger partial charge in [0.2, 0.25) is 9.04 Å². The Labute approximate surface area is 63.4 Å². The Morgan fingerprint density at radius 1 is 1.67 bits per heavy atom. The molecule has 0 amide bonds. The molecule has 54 valence electrons. The molecule has 0 saturated carbocycles. The summed E-state index contributed by atoms with van der Waals surface area (Å²) >= 11 is 5.61. The smallest absolute Gasteiger partial charge is 0.215 e. The number of hydrogen-bond acceptors (Lipinski definition) is 1. The highest BCUT2D eigenvalue weighted by atomic mass is 35.5. The predicted molar refractivity (Wildman–Crippen MR) is 44.3 cm³/mol. The molecule has 0 aromatic carbocycles. The van der Waals surface area contributed by atoms with Crippen LogP contribution in [-0.2, 0) is 4.43 Å². The number of rotatable bonds is 4. The molecule has 0 rings (SSSR count). The Kier molecular flexibility index (Phi) is 6.47. The van der Waals surface area contributed by atoms with E-state index in [1.165, 1.54) is 0 Å². The van der Waals surface area contributed by atoms with Crippen LogP contribution in [0, 0.1) is 0 Å². The molecule has 0 radical (unpaired) electrons. The fourth-order valence-electron chi connectivity index (χ4n) is 0.580. The molecule has 1 unspecified atom stereocenters. The molecule has 0 aliphatic heterocycles. The van der Waals surface area contributed by atoms with Crippen molar-refractivity contribution in [2.24, 2.45) is 0 Å². The average Bonchev–Trinajstić information content (AvgIpc) is 1.88. The van der Waals surface area contributed by atoms with Crippen LogP contribution in [0.4, 0.5) is 0 Å². The Balaban J connectivity index is 3.41. The van der Waals surface area contributed by atoms with Crippen molar-refractivity contribution in [3.8, 4) is 0 Å². The van der Waals surface area contributed by atoms with E-state index in [-0.39, 0.29) is 0 Å². The summed E-state index contributed by atoms with van der Waals surface area (Å²) < 4.78 is 5.35. The largest absolute Gasteiger partial charge is 0.415 e. The summed E-state index contributed by atoms with van der Waals surface area (Å²) in [7, 11) is -1.13. The number of alkyl halides is 1. The second-order valence-corrected chi connectivity index (χ2v) is 4.70. The van der Waals surface area contributed by atoms with Gasteiger partial charge in [0.1, 0.15) is 0 Å². The fraction of sp³-hybridized carbons (Fsp3) is 0.667. The molecular weight excluding hydrogens is 152 g/mol. The Morgan fingerprint density at radius 2 is 2.33 bits per heavy atom. The molecule has 0 aliphatic carbocycles. The minimum atomic E-state index is -1.13. The lowest BCUT2D eigenvalue weighted by atomic mass is 10.8. The van der Waals surface area contributed by atoms with Crippen LogP contribution in [-0.4, -0.2) is 21.2 Å². The van der Waals surface area contributed by atoms with Crippen molar-refractivity contribution in [1.82, 2.24) is 0 Å². The lowest BCUT2D eigenvalue weighted by Gasteiger charge is -2.04. The van der Waals surface area contributed by atoms with Crippen molar-refractivity contribution in [2.75, 3.05) is 12.1 Å². The van der Waals surface area contributed by atoms with Crippen LogP contribution in [0.1, 0.15) is 13.8 Å². The molecule has 0 heterocycles. The van der Waals surface area contributed by atoms with Gasteiger partial charge < -0.3 is 4.43 Å². The van der Waals surface area contributed by atoms with Gasteiger partial charge >= 0.3 is 0 Å². The van der Waals surface area contributed by atoms with E-state index in [4.69, 9.17) is 16.0 Å². The maximum Gasteiger partial charge on any atom is 0.215 e. The number of halogens is 1. The molecule has 1 atom stereocenters. The van der Waals surface area contributed by atoms with E-state index in [0.717, 1.165) is 6.61 Å². The van der Waals surface area contributed by atoms with Gasteiger partial charge in [-0.15, -0.1) is 11.6 Å². The zero-order valence-corrected chi connectivity index (χ0v) is 7.84. The first-order valence-corrected chi connectivity index (χ1v) is 5.64. The van der Waals surface area contributed by atoms with Gasteiger partial charge in [0.25, 0.3) is 0 Å². The minimum Gasteiger partial charge on any atom is -0.415 e. The van der Waals surface area contributed by atoms with E-state index in [2.05, 4.69) is 5.70 Å². The highest BCUT2D eigenvalue weighted by molar-refractivity contribution is 6.66. The predicted octanol–water partition coefficient (Wildman–Crippen LogP) is 1.64. The van der Waals surface area contributed by atoms with Crippen LogP contribution < -0.4 is 0 Å². The van der Waals surface area contributed by atoms with Gasteiger partial charge in [0.15, 0.2) is 0 Å². The van der Waals surface area contributed by atoms with Crippen LogP contribution in [0.15, 0.2) is 11.8 Å². The third-order valence-corrected chi connectivity index (χ3v) is 3.73. The monoisotopic (exact) mass is 164 g/mol. The standard InChI is InChI=1S/C6H13ClOSi/c1-3-5-9(6-7)8-4-2/h3,5,9H,4,6H2,1-2H3. The van der Waals surface area contributed by atoms with Crippen molar-refractivity contribution < 1.29 is 4.43 Å². The van der Waals surface area contributed by atoms with E-state index in [9.17, 15) is 0 Å². The van der Waals surface area contributed by atoms with Gasteiger partial charge in [-0.25, -0.2) is 0 Å². The summed E-state index contributed by atoms with van der Waals surface area (Å²) in [5.74, 6) is 0. The van der Waals surface area contributed by atoms with E-state index < -0.39 is 9.04 Å². The van der Waals surface area contributed by atoms with Gasteiger partial charge in [-0.05, 0) is 13.8 Å². The van der Waals surface area contributed by atoms with Crippen molar-refractivity contribution in [2.45, 2.75) is 13.8 Å². The molecule has 1 nitrogen and oxygen atoms in total. The normalized spacial score (nSPS) is 14.6. The summed E-state index contributed by atoms with van der Waals surface area (Å²) in [5, 5.41) is 0. The summed E-state index contributed by atoms with van der Waals surface area (Å²) in [5.41, 5.74) is 2.77. The molecule has 0 aromatic rings. The molecule has 3 heteroatoms. The summed E-state index contributed by atoms with van der Waals surface area (Å²) in [6.07, 6.45) is 2.01. The zero-order chi connectivity index (χ0) is 7.11. The van der Waals surface area contributed by atoms with Crippen LogP contribution in [0.5, 0.6) is 0 Å². The van der Waals surface area contributed by atoms with Gasteiger partial charge in [-0.2, -0.15) is 0 Å². The maximum atomic E-state index is 5.61. The topological polar surface area (TPSA) is 9.23 Å². The molecule has 9 heavy (non-hydrogen) atoms. The van der Waals surface area contributed by atoms with Gasteiger partial charge in [-0.1, -0.05) is 11.8 Å². The molecule has 0 fully saturated rings. The average molecular weight is 165 g/mol. The molecule has 0 spiro atoms. The number of allylic oxidation sites excluding steroid dienone is 1. The molecule has 0 aliphatic rings. The van der Waals surface area contributed by atoms with Crippen molar-refractivity contribution in [3.05, 3.63) is 11.8 Å². The van der Waals surface area contributed by atoms with Gasteiger partial charge in [0, 0.05) is 12.1 Å². The Bertz CT molecular complexity index is 85.1. The van der Waals surface area contributed by atoms with Crippen molar-refractivity contribution in [1.29, 1.82) is 0 Å². The fourth-order valence-corrected chi connectivity index (χ4v) is 2.32. The third kappa shape index (κ3) is 4.69. The third-order valence-electron chi connectivity index (χ3n) is 0.940. The quantitative estimate of drug-likeness (QED) is 0.454. The summed E-state index contributed by atoms with van der Waals surface area (Å²) in [4.78, 5) is 0. The molecule has 0 N–H and O–H groups in total. The first-order chi connectivity index (χ1) is 4.35. The SMILES string of the molecule is CC=C[SiH](CCl)OCC. The molecule has 0 bridgehead atoms. The second-order valence-electron chi connectivity index (χ2n) is 1.67. The summed E-state index contributed by atoms with van der Waals surface area (Å²) in [6, 6.07) is 0. The van der Waals surface area contributed by atoms with E-state index in [1.807, 2.05) is 19.9 Å². The van der Waals surface area contributed by atoms with Crippen LogP contribution in [0.3, 0.4) is 0 Å². The first kappa shape index (κ1) is 9.21. The zero-order valence-electron chi connectivity index (χ0n) is 5.93. The van der Waals surface area contributed by atoms with Crippen LogP contribution in [0.25, 0.3) is 0 Å². The second kappa shape index (κ2) is 6.33. The van der Waals surface area contributed by atoms with Crippen molar-refractivity contribution in [3.63, 3.8) is 0 Å². The molecule has 0 saturated heterocycles. The van der Waals surface area contributed by atoms with E-state index >= 15 is 0 Å². The van der Waals surface area contributed by atoms with E-state index in [0.29, 0.717) is 5.50 Å². The van der Waals surface area contributed by atoms with Crippen LogP contribution >= 0.6 is 11.6 Å². The minimum absolute atomic E-state index is 0.679. The van der Waals surface area contributed by atoms with Gasteiger partial charge in [-0.3, -0.25) is 0 Å². The first-order valence-electron chi connectivity index (χ1n) is 3.15. The lowest BCUT2D eigenvalue weighted by Crippen LogP contribution is -2.17. The highest BCUT2D eigenvalue weighted by Crippen LogP contribution is 1.91. The number of hydrogen-bond donors (Lipinski definition) is 0.